The van der Waals surface area contributed by atoms with E-state index in [4.69, 9.17) is 10.8 Å². The Labute approximate surface area is 94.9 Å². The second-order valence-electron chi connectivity index (χ2n) is 3.78. The van der Waals surface area contributed by atoms with E-state index in [1.165, 1.54) is 6.20 Å². The highest BCUT2D eigenvalue weighted by Gasteiger charge is 2.11. The lowest BCUT2D eigenvalue weighted by molar-refractivity contribution is 0.1000. The highest BCUT2D eigenvalue weighted by atomic mass is 16.3. The molecule has 0 saturated heterocycles. The van der Waals surface area contributed by atoms with Crippen molar-refractivity contribution in [1.29, 1.82) is 0 Å². The van der Waals surface area contributed by atoms with Crippen LogP contribution in [-0.4, -0.2) is 35.2 Å². The van der Waals surface area contributed by atoms with Crippen molar-refractivity contribution in [3.63, 3.8) is 0 Å². The fourth-order valence-corrected chi connectivity index (χ4v) is 1.45. The number of amides is 1. The second kappa shape index (κ2) is 5.46. The van der Waals surface area contributed by atoms with Crippen LogP contribution >= 0.6 is 0 Å². The molecule has 0 bridgehead atoms. The molecule has 0 aliphatic rings. The minimum atomic E-state index is -0.489. The molecule has 3 N–H and O–H groups in total. The molecule has 16 heavy (non-hydrogen) atoms. The number of primary amides is 1. The van der Waals surface area contributed by atoms with E-state index in [9.17, 15) is 4.79 Å². The van der Waals surface area contributed by atoms with Crippen molar-refractivity contribution in [3.8, 4) is 0 Å². The van der Waals surface area contributed by atoms with Crippen molar-refractivity contribution in [3.05, 3.63) is 23.9 Å². The number of pyridine rings is 1. The van der Waals surface area contributed by atoms with Gasteiger partial charge >= 0.3 is 0 Å². The van der Waals surface area contributed by atoms with Crippen LogP contribution in [0.1, 0.15) is 24.2 Å². The van der Waals surface area contributed by atoms with Gasteiger partial charge in [0.05, 0.1) is 12.2 Å². The van der Waals surface area contributed by atoms with Crippen molar-refractivity contribution in [2.24, 2.45) is 5.73 Å². The zero-order chi connectivity index (χ0) is 12.1. The lowest BCUT2D eigenvalue weighted by Gasteiger charge is -2.26. The van der Waals surface area contributed by atoms with Gasteiger partial charge < -0.3 is 15.7 Å². The molecule has 0 fully saturated rings. The van der Waals surface area contributed by atoms with E-state index in [1.54, 1.807) is 12.1 Å². The molecule has 5 heteroatoms. The molecule has 0 aliphatic heterocycles. The maximum atomic E-state index is 10.9. The summed E-state index contributed by atoms with van der Waals surface area (Å²) < 4.78 is 0. The largest absolute Gasteiger partial charge is 0.395 e. The van der Waals surface area contributed by atoms with Crippen LogP contribution in [0.2, 0.25) is 0 Å². The average Bonchev–Trinajstić information content (AvgIpc) is 2.25. The summed E-state index contributed by atoms with van der Waals surface area (Å²) >= 11 is 0. The lowest BCUT2D eigenvalue weighted by atomic mass is 10.2. The monoisotopic (exact) mass is 223 g/mol. The molecule has 5 nitrogen and oxygen atoms in total. The van der Waals surface area contributed by atoms with Gasteiger partial charge in [0.1, 0.15) is 5.82 Å². The Morgan fingerprint density at radius 1 is 1.56 bits per heavy atom. The van der Waals surface area contributed by atoms with E-state index in [1.807, 2.05) is 18.7 Å². The summed E-state index contributed by atoms with van der Waals surface area (Å²) in [7, 11) is 0. The summed E-state index contributed by atoms with van der Waals surface area (Å²) in [5.41, 5.74) is 5.51. The average molecular weight is 223 g/mol. The van der Waals surface area contributed by atoms with Gasteiger partial charge in [0.2, 0.25) is 5.91 Å². The highest BCUT2D eigenvalue weighted by Crippen LogP contribution is 2.13. The second-order valence-corrected chi connectivity index (χ2v) is 3.78. The third kappa shape index (κ3) is 2.93. The van der Waals surface area contributed by atoms with Crippen molar-refractivity contribution in [2.75, 3.05) is 18.1 Å². The summed E-state index contributed by atoms with van der Waals surface area (Å²) in [4.78, 5) is 17.0. The normalized spacial score (nSPS) is 10.5. The van der Waals surface area contributed by atoms with Crippen LogP contribution in [0, 0.1) is 0 Å². The third-order valence-electron chi connectivity index (χ3n) is 2.29. The van der Waals surface area contributed by atoms with E-state index in [-0.39, 0.29) is 12.6 Å². The molecule has 0 aliphatic carbocycles. The summed E-state index contributed by atoms with van der Waals surface area (Å²) in [5.74, 6) is 0.242. The fourth-order valence-electron chi connectivity index (χ4n) is 1.45. The number of hydrogen-bond acceptors (Lipinski definition) is 4. The standard InChI is InChI=1S/C11H17N3O2/c1-8(2)14(5-6-15)10-4-3-9(7-13-10)11(12)16/h3-4,7-8,15H,5-6H2,1-2H3,(H2,12,16). The Bertz CT molecular complexity index is 349. The summed E-state index contributed by atoms with van der Waals surface area (Å²) in [5, 5.41) is 8.95. The van der Waals surface area contributed by atoms with Gasteiger partial charge in [-0.1, -0.05) is 0 Å². The lowest BCUT2D eigenvalue weighted by Crippen LogP contribution is -2.34. The molecule has 0 unspecified atom stereocenters. The van der Waals surface area contributed by atoms with Crippen molar-refractivity contribution in [1.82, 2.24) is 4.98 Å². The van der Waals surface area contributed by atoms with E-state index in [0.29, 0.717) is 12.1 Å². The zero-order valence-corrected chi connectivity index (χ0v) is 9.55. The minimum Gasteiger partial charge on any atom is -0.395 e. The molecule has 1 aromatic heterocycles. The molecule has 0 radical (unpaired) electrons. The maximum Gasteiger partial charge on any atom is 0.250 e. The van der Waals surface area contributed by atoms with Gasteiger partial charge in [-0.15, -0.1) is 0 Å². The van der Waals surface area contributed by atoms with Crippen molar-refractivity contribution in [2.45, 2.75) is 19.9 Å². The number of aliphatic hydroxyl groups is 1. The molecule has 1 aromatic rings. The van der Waals surface area contributed by atoms with Gasteiger partial charge in [0.15, 0.2) is 0 Å². The van der Waals surface area contributed by atoms with Gasteiger partial charge in [0.25, 0.3) is 0 Å². The smallest absolute Gasteiger partial charge is 0.250 e. The fraction of sp³-hybridized carbons (Fsp3) is 0.455. The third-order valence-corrected chi connectivity index (χ3v) is 2.29. The number of nitrogens with two attached hydrogens (primary N) is 1. The number of aliphatic hydroxyl groups excluding tert-OH is 1. The molecule has 0 atom stereocenters. The molecule has 1 heterocycles. The van der Waals surface area contributed by atoms with Gasteiger partial charge in [-0.3, -0.25) is 4.79 Å². The molecule has 0 aromatic carbocycles. The van der Waals surface area contributed by atoms with Gasteiger partial charge in [-0.05, 0) is 26.0 Å². The Morgan fingerprint density at radius 2 is 2.25 bits per heavy atom. The summed E-state index contributed by atoms with van der Waals surface area (Å²) in [6, 6.07) is 3.60. The molecular formula is C11H17N3O2. The SMILES string of the molecule is CC(C)N(CCO)c1ccc(C(N)=O)cn1. The first-order valence-corrected chi connectivity index (χ1v) is 5.19. The number of anilines is 1. The van der Waals surface area contributed by atoms with E-state index < -0.39 is 5.91 Å². The van der Waals surface area contributed by atoms with E-state index in [2.05, 4.69) is 4.98 Å². The van der Waals surface area contributed by atoms with Crippen LogP contribution in [0.5, 0.6) is 0 Å². The van der Waals surface area contributed by atoms with Crippen LogP contribution in [-0.2, 0) is 0 Å². The van der Waals surface area contributed by atoms with E-state index in [0.717, 1.165) is 5.82 Å². The minimum absolute atomic E-state index is 0.0669. The number of hydrogen-bond donors (Lipinski definition) is 2. The van der Waals surface area contributed by atoms with Gasteiger partial charge in [-0.2, -0.15) is 0 Å². The van der Waals surface area contributed by atoms with Crippen molar-refractivity contribution >= 4 is 11.7 Å². The Hall–Kier alpha value is -1.62. The van der Waals surface area contributed by atoms with Crippen LogP contribution in [0.4, 0.5) is 5.82 Å². The first-order valence-electron chi connectivity index (χ1n) is 5.19. The van der Waals surface area contributed by atoms with Crippen LogP contribution in [0.25, 0.3) is 0 Å². The first kappa shape index (κ1) is 12.4. The maximum absolute atomic E-state index is 10.9. The van der Waals surface area contributed by atoms with E-state index >= 15 is 0 Å². The number of nitrogens with zero attached hydrogens (tertiary/aromatic N) is 2. The van der Waals surface area contributed by atoms with Gasteiger partial charge in [0, 0.05) is 18.8 Å². The topological polar surface area (TPSA) is 79.5 Å². The Balaban J connectivity index is 2.89. The molecule has 88 valence electrons. The molecule has 1 rings (SSSR count). The van der Waals surface area contributed by atoms with Crippen LogP contribution < -0.4 is 10.6 Å². The Kier molecular flexibility index (Phi) is 4.25. The highest BCUT2D eigenvalue weighted by molar-refractivity contribution is 5.92. The molecular weight excluding hydrogens is 206 g/mol. The quantitative estimate of drug-likeness (QED) is 0.756. The van der Waals surface area contributed by atoms with Gasteiger partial charge in [-0.25, -0.2) is 4.98 Å². The first-order chi connectivity index (χ1) is 7.56. The molecule has 1 amide bonds. The number of carbonyl (C=O) groups excluding carboxylic acids is 1. The number of aromatic nitrogens is 1. The predicted octanol–water partition coefficient (Wildman–Crippen LogP) is 0.388. The Morgan fingerprint density at radius 3 is 2.62 bits per heavy atom. The molecule has 0 saturated carbocycles. The van der Waals surface area contributed by atoms with Crippen LogP contribution in [0.15, 0.2) is 18.3 Å². The summed E-state index contributed by atoms with van der Waals surface area (Å²) in [6.07, 6.45) is 1.45. The van der Waals surface area contributed by atoms with Crippen LogP contribution in [0.3, 0.4) is 0 Å². The number of carbonyl (C=O) groups is 1. The van der Waals surface area contributed by atoms with Crippen molar-refractivity contribution < 1.29 is 9.90 Å². The molecule has 0 spiro atoms. The number of rotatable bonds is 5. The summed E-state index contributed by atoms with van der Waals surface area (Å²) in [6.45, 7) is 4.61. The zero-order valence-electron chi connectivity index (χ0n) is 9.55. The predicted molar refractivity (Wildman–Crippen MR) is 62.3 cm³/mol.